The lowest BCUT2D eigenvalue weighted by Gasteiger charge is -2.15. The van der Waals surface area contributed by atoms with Crippen LogP contribution in [0.2, 0.25) is 0 Å². The van der Waals surface area contributed by atoms with Crippen LogP contribution in [-0.2, 0) is 0 Å². The van der Waals surface area contributed by atoms with Crippen LogP contribution in [0.25, 0.3) is 88.4 Å². The summed E-state index contributed by atoms with van der Waals surface area (Å²) in [7, 11) is 0. The van der Waals surface area contributed by atoms with Crippen molar-refractivity contribution in [2.24, 2.45) is 0 Å². The number of nitrogens with zero attached hydrogens (tertiary/aromatic N) is 1. The number of para-hydroxylation sites is 2. The molecule has 7 aromatic carbocycles. The fourth-order valence-corrected chi connectivity index (χ4v) is 6.76. The van der Waals surface area contributed by atoms with Crippen LogP contribution in [-0.4, -0.2) is 0 Å². The van der Waals surface area contributed by atoms with E-state index in [0.717, 1.165) is 88.4 Å². The molecule has 9 rings (SSSR count). The normalized spacial score (nSPS) is 11.5. The third-order valence-electron chi connectivity index (χ3n) is 8.90. The summed E-state index contributed by atoms with van der Waals surface area (Å²) in [6.45, 7) is 0. The molecule has 2 aromatic heterocycles. The second kappa shape index (κ2) is 10.4. The predicted molar refractivity (Wildman–Crippen MR) is 187 cm³/mol. The molecule has 0 atom stereocenters. The fraction of sp³-hybridized carbons (Fsp3) is 0. The van der Waals surface area contributed by atoms with Gasteiger partial charge < -0.3 is 8.83 Å². The average molecular weight is 588 g/mol. The minimum absolute atomic E-state index is 0.618. The highest BCUT2D eigenvalue weighted by Gasteiger charge is 2.17. The topological polar surface area (TPSA) is 50.1 Å². The Hall–Kier alpha value is -6.37. The molecule has 0 aliphatic rings. The molecule has 0 aliphatic heterocycles. The molecule has 0 bridgehead atoms. The molecule has 3 heteroatoms. The first-order chi connectivity index (χ1) is 22.7. The first kappa shape index (κ1) is 26.1. The third kappa shape index (κ3) is 4.20. The second-order valence-electron chi connectivity index (χ2n) is 11.6. The first-order valence-corrected chi connectivity index (χ1v) is 15.3. The van der Waals surface area contributed by atoms with Gasteiger partial charge in [0, 0.05) is 21.5 Å². The van der Waals surface area contributed by atoms with Gasteiger partial charge in [0.1, 0.15) is 22.3 Å². The van der Waals surface area contributed by atoms with Crippen molar-refractivity contribution in [1.82, 2.24) is 0 Å². The quantitative estimate of drug-likeness (QED) is 0.206. The molecule has 46 heavy (non-hydrogen) atoms. The summed E-state index contributed by atoms with van der Waals surface area (Å²) in [5.74, 6) is 0. The van der Waals surface area contributed by atoms with E-state index >= 15 is 0 Å². The summed E-state index contributed by atoms with van der Waals surface area (Å²) in [5, 5.41) is 14.5. The standard InChI is InChI=1S/C43H25NO2/c44-26-27-21-31(28-9-2-1-3-10-28)23-32(22-27)37-24-30(34-13-8-16-42-43(34)36-12-5-7-15-40(36)46-42)17-19-33(37)29-18-20-41-38(25-29)35-11-4-6-14-39(35)45-41/h1-25H. The first-order valence-electron chi connectivity index (χ1n) is 15.3. The minimum Gasteiger partial charge on any atom is -0.456 e. The van der Waals surface area contributed by atoms with Crippen molar-refractivity contribution in [2.75, 3.05) is 0 Å². The summed E-state index contributed by atoms with van der Waals surface area (Å²) in [6, 6.07) is 54.4. The van der Waals surface area contributed by atoms with Gasteiger partial charge >= 0.3 is 0 Å². The maximum Gasteiger partial charge on any atom is 0.136 e. The third-order valence-corrected chi connectivity index (χ3v) is 8.90. The average Bonchev–Trinajstić information content (AvgIpc) is 3.69. The molecule has 0 fully saturated rings. The summed E-state index contributed by atoms with van der Waals surface area (Å²) >= 11 is 0. The highest BCUT2D eigenvalue weighted by atomic mass is 16.3. The number of hydrogen-bond donors (Lipinski definition) is 0. The lowest BCUT2D eigenvalue weighted by atomic mass is 9.88. The van der Waals surface area contributed by atoms with Crippen LogP contribution in [0.5, 0.6) is 0 Å². The highest BCUT2D eigenvalue weighted by molar-refractivity contribution is 6.13. The van der Waals surface area contributed by atoms with Gasteiger partial charge in [-0.2, -0.15) is 5.26 Å². The zero-order chi connectivity index (χ0) is 30.6. The summed E-state index contributed by atoms with van der Waals surface area (Å²) in [6.07, 6.45) is 0. The van der Waals surface area contributed by atoms with Crippen LogP contribution in [0, 0.1) is 11.3 Å². The van der Waals surface area contributed by atoms with E-state index in [2.05, 4.69) is 91.0 Å². The van der Waals surface area contributed by atoms with E-state index in [4.69, 9.17) is 8.83 Å². The fourth-order valence-electron chi connectivity index (χ4n) is 6.76. The molecular formula is C43H25NO2. The number of nitriles is 1. The Kier molecular flexibility index (Phi) is 5.88. The van der Waals surface area contributed by atoms with E-state index in [-0.39, 0.29) is 0 Å². The zero-order valence-corrected chi connectivity index (χ0v) is 24.7. The van der Waals surface area contributed by atoms with Crippen molar-refractivity contribution in [1.29, 1.82) is 5.26 Å². The summed E-state index contributed by atoms with van der Waals surface area (Å²) < 4.78 is 12.4. The number of hydrogen-bond acceptors (Lipinski definition) is 3. The number of furan rings is 2. The van der Waals surface area contributed by atoms with Crippen molar-refractivity contribution in [3.05, 3.63) is 157 Å². The van der Waals surface area contributed by atoms with Crippen LogP contribution >= 0.6 is 0 Å². The van der Waals surface area contributed by atoms with Crippen LogP contribution in [0.1, 0.15) is 5.56 Å². The molecule has 0 N–H and O–H groups in total. The minimum atomic E-state index is 0.618. The maximum atomic E-state index is 10.1. The smallest absolute Gasteiger partial charge is 0.136 e. The maximum absolute atomic E-state index is 10.1. The van der Waals surface area contributed by atoms with E-state index in [9.17, 15) is 5.26 Å². The van der Waals surface area contributed by atoms with Gasteiger partial charge in [-0.25, -0.2) is 0 Å². The molecular weight excluding hydrogens is 562 g/mol. The summed E-state index contributed by atoms with van der Waals surface area (Å²) in [5.41, 5.74) is 12.5. The molecule has 2 heterocycles. The Labute approximate surface area is 265 Å². The van der Waals surface area contributed by atoms with Gasteiger partial charge in [-0.05, 0) is 99.1 Å². The van der Waals surface area contributed by atoms with Crippen molar-refractivity contribution in [2.45, 2.75) is 0 Å². The van der Waals surface area contributed by atoms with Crippen LogP contribution in [0.4, 0.5) is 0 Å². The van der Waals surface area contributed by atoms with Crippen LogP contribution in [0.3, 0.4) is 0 Å². The molecule has 0 spiro atoms. The van der Waals surface area contributed by atoms with E-state index in [0.29, 0.717) is 5.56 Å². The molecule has 214 valence electrons. The monoisotopic (exact) mass is 587 g/mol. The van der Waals surface area contributed by atoms with Crippen LogP contribution < -0.4 is 0 Å². The van der Waals surface area contributed by atoms with Crippen molar-refractivity contribution >= 4 is 43.9 Å². The van der Waals surface area contributed by atoms with Crippen molar-refractivity contribution in [3.63, 3.8) is 0 Å². The Morgan fingerprint density at radius 1 is 0.370 bits per heavy atom. The van der Waals surface area contributed by atoms with E-state index < -0.39 is 0 Å². The SMILES string of the molecule is N#Cc1cc(-c2ccccc2)cc(-c2cc(-c3cccc4oc5ccccc5c34)ccc2-c2ccc3oc4ccccc4c3c2)c1. The number of fused-ring (bicyclic) bond motifs is 6. The lowest BCUT2D eigenvalue weighted by Crippen LogP contribution is -1.91. The Morgan fingerprint density at radius 2 is 1.02 bits per heavy atom. The molecule has 0 radical (unpaired) electrons. The molecule has 3 nitrogen and oxygen atoms in total. The van der Waals surface area contributed by atoms with Crippen molar-refractivity contribution < 1.29 is 8.83 Å². The zero-order valence-electron chi connectivity index (χ0n) is 24.7. The van der Waals surface area contributed by atoms with Gasteiger partial charge in [0.05, 0.1) is 11.6 Å². The van der Waals surface area contributed by atoms with Gasteiger partial charge in [-0.1, -0.05) is 97.1 Å². The number of benzene rings is 7. The molecule has 9 aromatic rings. The Morgan fingerprint density at radius 3 is 1.87 bits per heavy atom. The van der Waals surface area contributed by atoms with Crippen molar-refractivity contribution in [3.8, 4) is 50.6 Å². The van der Waals surface area contributed by atoms with E-state index in [1.807, 2.05) is 66.7 Å². The molecule has 0 aliphatic carbocycles. The van der Waals surface area contributed by atoms with Gasteiger partial charge in [0.2, 0.25) is 0 Å². The van der Waals surface area contributed by atoms with Gasteiger partial charge in [0.25, 0.3) is 0 Å². The van der Waals surface area contributed by atoms with Gasteiger partial charge in [-0.15, -0.1) is 0 Å². The van der Waals surface area contributed by atoms with Gasteiger partial charge in [0.15, 0.2) is 0 Å². The Bertz CT molecular complexity index is 2650. The molecule has 0 unspecified atom stereocenters. The number of rotatable bonds is 4. The van der Waals surface area contributed by atoms with E-state index in [1.54, 1.807) is 0 Å². The summed E-state index contributed by atoms with van der Waals surface area (Å²) in [4.78, 5) is 0. The largest absolute Gasteiger partial charge is 0.456 e. The second-order valence-corrected chi connectivity index (χ2v) is 11.6. The van der Waals surface area contributed by atoms with Gasteiger partial charge in [-0.3, -0.25) is 0 Å². The molecule has 0 saturated heterocycles. The van der Waals surface area contributed by atoms with Crippen LogP contribution in [0.15, 0.2) is 160 Å². The molecule has 0 amide bonds. The predicted octanol–water partition coefficient (Wildman–Crippen LogP) is 12.0. The Balaban J connectivity index is 1.32. The van der Waals surface area contributed by atoms with E-state index in [1.165, 1.54) is 0 Å². The molecule has 0 saturated carbocycles. The highest BCUT2D eigenvalue weighted by Crippen LogP contribution is 2.42. The lowest BCUT2D eigenvalue weighted by molar-refractivity contribution is 0.668.